The van der Waals surface area contributed by atoms with Crippen LogP contribution in [0.15, 0.2) is 24.3 Å². The van der Waals surface area contributed by atoms with Crippen LogP contribution in [-0.4, -0.2) is 23.7 Å². The molecule has 2 rings (SSSR count). The number of benzene rings is 1. The number of nitrogens with one attached hydrogen (secondary N) is 1. The van der Waals surface area contributed by atoms with Crippen molar-refractivity contribution in [2.24, 2.45) is 5.73 Å². The van der Waals surface area contributed by atoms with Crippen LogP contribution in [0.25, 0.3) is 0 Å². The third-order valence-electron chi connectivity index (χ3n) is 2.90. The van der Waals surface area contributed by atoms with Crippen molar-refractivity contribution in [1.82, 2.24) is 0 Å². The van der Waals surface area contributed by atoms with Gasteiger partial charge in [0.2, 0.25) is 0 Å². The van der Waals surface area contributed by atoms with Gasteiger partial charge < -0.3 is 15.8 Å². The highest BCUT2D eigenvalue weighted by Crippen LogP contribution is 2.19. The summed E-state index contributed by atoms with van der Waals surface area (Å²) < 4.78 is 5.50. The first-order valence-corrected chi connectivity index (χ1v) is 5.85. The van der Waals surface area contributed by atoms with Gasteiger partial charge in [0.25, 0.3) is 0 Å². The highest BCUT2D eigenvalue weighted by molar-refractivity contribution is 7.80. The maximum absolute atomic E-state index is 5.54. The van der Waals surface area contributed by atoms with Crippen molar-refractivity contribution in [2.45, 2.75) is 25.5 Å². The third kappa shape index (κ3) is 2.51. The lowest BCUT2D eigenvalue weighted by molar-refractivity contribution is 0.121. The van der Waals surface area contributed by atoms with Crippen molar-refractivity contribution in [3.63, 3.8) is 0 Å². The van der Waals surface area contributed by atoms with Gasteiger partial charge in [-0.2, -0.15) is 0 Å². The molecule has 0 saturated carbocycles. The molecule has 16 heavy (non-hydrogen) atoms. The first kappa shape index (κ1) is 11.4. The summed E-state index contributed by atoms with van der Waals surface area (Å²) in [6, 6.07) is 8.27. The topological polar surface area (TPSA) is 47.3 Å². The number of ether oxygens (including phenoxy) is 1. The van der Waals surface area contributed by atoms with Crippen molar-refractivity contribution in [3.8, 4) is 0 Å². The van der Waals surface area contributed by atoms with Gasteiger partial charge in [-0.3, -0.25) is 0 Å². The van der Waals surface area contributed by atoms with Gasteiger partial charge >= 0.3 is 0 Å². The van der Waals surface area contributed by atoms with Crippen molar-refractivity contribution >= 4 is 22.9 Å². The third-order valence-corrected chi connectivity index (χ3v) is 3.13. The van der Waals surface area contributed by atoms with Gasteiger partial charge in [-0.25, -0.2) is 0 Å². The number of rotatable bonds is 3. The van der Waals surface area contributed by atoms with Gasteiger partial charge in [0.05, 0.1) is 12.1 Å². The van der Waals surface area contributed by atoms with E-state index in [1.165, 1.54) is 0 Å². The van der Waals surface area contributed by atoms with Gasteiger partial charge in [0.15, 0.2) is 0 Å². The van der Waals surface area contributed by atoms with E-state index in [1.807, 2.05) is 24.3 Å². The second-order valence-corrected chi connectivity index (χ2v) is 4.50. The Labute approximate surface area is 101 Å². The summed E-state index contributed by atoms with van der Waals surface area (Å²) in [4.78, 5) is 0.434. The number of anilines is 1. The van der Waals surface area contributed by atoms with Crippen LogP contribution in [0.3, 0.4) is 0 Å². The molecule has 2 atom stereocenters. The Bertz CT molecular complexity index is 377. The lowest BCUT2D eigenvalue weighted by atomic mass is 10.1. The zero-order valence-corrected chi connectivity index (χ0v) is 10.1. The van der Waals surface area contributed by atoms with Crippen molar-refractivity contribution in [3.05, 3.63) is 29.8 Å². The number of hydrogen-bond acceptors (Lipinski definition) is 3. The molecule has 0 aliphatic carbocycles. The zero-order valence-electron chi connectivity index (χ0n) is 9.27. The predicted molar refractivity (Wildman–Crippen MR) is 69.8 cm³/mol. The SMILES string of the molecule is CC1OCCC1Nc1ccc(C(N)=S)cc1. The molecule has 1 aromatic rings. The zero-order chi connectivity index (χ0) is 11.5. The van der Waals surface area contributed by atoms with E-state index in [0.29, 0.717) is 11.0 Å². The van der Waals surface area contributed by atoms with Gasteiger partial charge in [-0.15, -0.1) is 0 Å². The van der Waals surface area contributed by atoms with E-state index in [2.05, 4.69) is 12.2 Å². The summed E-state index contributed by atoms with van der Waals surface area (Å²) >= 11 is 4.90. The maximum atomic E-state index is 5.54. The van der Waals surface area contributed by atoms with Crippen LogP contribution in [0.5, 0.6) is 0 Å². The van der Waals surface area contributed by atoms with Gasteiger partial charge in [-0.05, 0) is 37.6 Å². The molecular formula is C12H16N2OS. The highest BCUT2D eigenvalue weighted by Gasteiger charge is 2.23. The summed E-state index contributed by atoms with van der Waals surface area (Å²) in [5.74, 6) is 0. The standard InChI is InChI=1S/C12H16N2OS/c1-8-11(6-7-15-8)14-10-4-2-9(3-5-10)12(13)16/h2-5,8,11,14H,6-7H2,1H3,(H2,13,16). The molecule has 1 heterocycles. The molecule has 86 valence electrons. The molecule has 3 N–H and O–H groups in total. The van der Waals surface area contributed by atoms with Gasteiger partial charge in [0, 0.05) is 17.9 Å². The fourth-order valence-electron chi connectivity index (χ4n) is 1.87. The maximum Gasteiger partial charge on any atom is 0.103 e. The summed E-state index contributed by atoms with van der Waals surface area (Å²) in [5, 5.41) is 3.45. The largest absolute Gasteiger partial charge is 0.389 e. The van der Waals surface area contributed by atoms with Crippen molar-refractivity contribution in [1.29, 1.82) is 0 Å². The van der Waals surface area contributed by atoms with E-state index in [4.69, 9.17) is 22.7 Å². The second-order valence-electron chi connectivity index (χ2n) is 4.06. The quantitative estimate of drug-likeness (QED) is 0.787. The molecule has 1 aliphatic heterocycles. The normalized spacial score (nSPS) is 24.3. The van der Waals surface area contributed by atoms with Crippen molar-refractivity contribution in [2.75, 3.05) is 11.9 Å². The highest BCUT2D eigenvalue weighted by atomic mass is 32.1. The molecule has 1 saturated heterocycles. The molecule has 1 aromatic carbocycles. The Hall–Kier alpha value is -1.13. The first-order chi connectivity index (χ1) is 7.66. The average Bonchev–Trinajstić information content (AvgIpc) is 2.65. The first-order valence-electron chi connectivity index (χ1n) is 5.45. The van der Waals surface area contributed by atoms with Crippen LogP contribution in [0.1, 0.15) is 18.9 Å². The van der Waals surface area contributed by atoms with E-state index in [0.717, 1.165) is 24.3 Å². The van der Waals surface area contributed by atoms with E-state index in [9.17, 15) is 0 Å². The minimum atomic E-state index is 0.273. The van der Waals surface area contributed by atoms with Crippen LogP contribution >= 0.6 is 12.2 Å². The van der Waals surface area contributed by atoms with Crippen LogP contribution < -0.4 is 11.1 Å². The summed E-state index contributed by atoms with van der Waals surface area (Å²) in [6.45, 7) is 2.93. The fraction of sp³-hybridized carbons (Fsp3) is 0.417. The minimum Gasteiger partial charge on any atom is -0.389 e. The van der Waals surface area contributed by atoms with E-state index < -0.39 is 0 Å². The molecule has 3 nitrogen and oxygen atoms in total. The Kier molecular flexibility index (Phi) is 3.41. The molecule has 0 amide bonds. The molecule has 0 spiro atoms. The van der Waals surface area contributed by atoms with E-state index >= 15 is 0 Å². The average molecular weight is 236 g/mol. The minimum absolute atomic E-state index is 0.273. The number of nitrogens with two attached hydrogens (primary N) is 1. The van der Waals surface area contributed by atoms with Gasteiger partial charge in [-0.1, -0.05) is 12.2 Å². The van der Waals surface area contributed by atoms with Crippen LogP contribution in [0.2, 0.25) is 0 Å². The fourth-order valence-corrected chi connectivity index (χ4v) is 2.00. The summed E-state index contributed by atoms with van der Waals surface area (Å²) in [7, 11) is 0. The summed E-state index contributed by atoms with van der Waals surface area (Å²) in [5.41, 5.74) is 7.53. The Morgan fingerprint density at radius 1 is 1.44 bits per heavy atom. The predicted octanol–water partition coefficient (Wildman–Crippen LogP) is 1.91. The second kappa shape index (κ2) is 4.80. The van der Waals surface area contributed by atoms with Crippen LogP contribution in [-0.2, 0) is 4.74 Å². The molecular weight excluding hydrogens is 220 g/mol. The monoisotopic (exact) mass is 236 g/mol. The lowest BCUT2D eigenvalue weighted by Gasteiger charge is -2.17. The van der Waals surface area contributed by atoms with Gasteiger partial charge in [0.1, 0.15) is 4.99 Å². The number of thiocarbonyl (C=S) groups is 1. The summed E-state index contributed by atoms with van der Waals surface area (Å²) in [6.07, 6.45) is 1.33. The Morgan fingerprint density at radius 3 is 2.62 bits per heavy atom. The van der Waals surface area contributed by atoms with Crippen molar-refractivity contribution < 1.29 is 4.74 Å². The molecule has 4 heteroatoms. The van der Waals surface area contributed by atoms with E-state index in [1.54, 1.807) is 0 Å². The number of hydrogen-bond donors (Lipinski definition) is 2. The Balaban J connectivity index is 2.02. The molecule has 1 aliphatic rings. The van der Waals surface area contributed by atoms with Crippen LogP contribution in [0, 0.1) is 0 Å². The molecule has 0 bridgehead atoms. The Morgan fingerprint density at radius 2 is 2.12 bits per heavy atom. The van der Waals surface area contributed by atoms with E-state index in [-0.39, 0.29) is 6.10 Å². The smallest absolute Gasteiger partial charge is 0.103 e. The molecule has 0 aromatic heterocycles. The molecule has 1 fully saturated rings. The molecule has 2 unspecified atom stereocenters. The molecule has 0 radical (unpaired) electrons. The van der Waals surface area contributed by atoms with Crippen LogP contribution in [0.4, 0.5) is 5.69 Å². The lowest BCUT2D eigenvalue weighted by Crippen LogP contribution is -2.26.